The van der Waals surface area contributed by atoms with Crippen LogP contribution in [-0.2, 0) is 4.79 Å². The number of thioether (sulfide) groups is 1. The summed E-state index contributed by atoms with van der Waals surface area (Å²) < 4.78 is 0.409. The molecule has 0 saturated carbocycles. The van der Waals surface area contributed by atoms with Gasteiger partial charge in [-0.2, -0.15) is 0 Å². The van der Waals surface area contributed by atoms with Gasteiger partial charge in [0.1, 0.15) is 4.32 Å². The molecule has 0 aliphatic carbocycles. The van der Waals surface area contributed by atoms with Gasteiger partial charge in [-0.05, 0) is 31.4 Å². The third-order valence-corrected chi connectivity index (χ3v) is 5.01. The fourth-order valence-corrected chi connectivity index (χ4v) is 3.79. The Balaban J connectivity index is 2.02. The van der Waals surface area contributed by atoms with E-state index in [4.69, 9.17) is 12.2 Å². The number of piperidine rings is 1. The normalized spacial score (nSPS) is 20.0. The molecule has 0 bridgehead atoms. The minimum atomic E-state index is -0.422. The molecule has 1 N–H and O–H groups in total. The maximum absolute atomic E-state index is 11.9. The summed E-state index contributed by atoms with van der Waals surface area (Å²) in [5, 5.41) is 13.6. The summed E-state index contributed by atoms with van der Waals surface area (Å²) in [5.41, 5.74) is 1.63. The first-order valence-electron chi connectivity index (χ1n) is 7.33. The molecule has 0 aromatic heterocycles. The van der Waals surface area contributed by atoms with Crippen LogP contribution in [0.3, 0.4) is 0 Å². The van der Waals surface area contributed by atoms with Gasteiger partial charge in [0.25, 0.3) is 11.6 Å². The van der Waals surface area contributed by atoms with E-state index in [1.54, 1.807) is 12.1 Å². The van der Waals surface area contributed by atoms with E-state index < -0.39 is 4.92 Å². The number of non-ortho nitro benzene ring substituents is 1. The third kappa shape index (κ3) is 3.53. The Morgan fingerprint density at radius 3 is 2.65 bits per heavy atom. The van der Waals surface area contributed by atoms with Crippen LogP contribution in [0.25, 0.3) is 6.08 Å². The molecule has 3 rings (SSSR count). The first-order chi connectivity index (χ1) is 11.0. The minimum absolute atomic E-state index is 0.0172. The van der Waals surface area contributed by atoms with E-state index in [-0.39, 0.29) is 11.6 Å². The molecule has 1 amide bonds. The number of carbonyl (C=O) groups is 1. The maximum Gasteiger partial charge on any atom is 0.270 e. The molecule has 1 aromatic rings. The Morgan fingerprint density at radius 2 is 2.04 bits per heavy atom. The SMILES string of the molecule is O=C1NC(=S)S/C1=C\c1cc([N+](=O)[O-])ccc1N1CCCCC1. The average Bonchev–Trinajstić information content (AvgIpc) is 2.85. The molecular weight excluding hydrogens is 334 g/mol. The fraction of sp³-hybridized carbons (Fsp3) is 0.333. The predicted octanol–water partition coefficient (Wildman–Crippen LogP) is 3.07. The Bertz CT molecular complexity index is 712. The molecule has 1 aromatic carbocycles. The summed E-state index contributed by atoms with van der Waals surface area (Å²) in [5.74, 6) is -0.254. The molecule has 0 atom stereocenters. The lowest BCUT2D eigenvalue weighted by molar-refractivity contribution is -0.384. The summed E-state index contributed by atoms with van der Waals surface area (Å²) >= 11 is 6.17. The second-order valence-electron chi connectivity index (χ2n) is 5.40. The highest BCUT2D eigenvalue weighted by molar-refractivity contribution is 8.26. The van der Waals surface area contributed by atoms with Crippen molar-refractivity contribution in [2.75, 3.05) is 18.0 Å². The number of hydrogen-bond donors (Lipinski definition) is 1. The largest absolute Gasteiger partial charge is 0.371 e. The van der Waals surface area contributed by atoms with Gasteiger partial charge in [-0.1, -0.05) is 24.0 Å². The van der Waals surface area contributed by atoms with Crippen LogP contribution in [0.1, 0.15) is 24.8 Å². The molecule has 2 fully saturated rings. The molecule has 2 heterocycles. The summed E-state index contributed by atoms with van der Waals surface area (Å²) in [6.45, 7) is 1.84. The van der Waals surface area contributed by atoms with Gasteiger partial charge in [-0.25, -0.2) is 0 Å². The minimum Gasteiger partial charge on any atom is -0.371 e. The Morgan fingerprint density at radius 1 is 1.30 bits per heavy atom. The Hall–Kier alpha value is -1.93. The summed E-state index contributed by atoms with van der Waals surface area (Å²) in [7, 11) is 0. The molecule has 0 unspecified atom stereocenters. The van der Waals surface area contributed by atoms with Gasteiger partial charge in [0.15, 0.2) is 0 Å². The number of benzene rings is 1. The summed E-state index contributed by atoms with van der Waals surface area (Å²) in [6.07, 6.45) is 5.10. The highest BCUT2D eigenvalue weighted by Crippen LogP contribution is 2.33. The number of nitrogens with zero attached hydrogens (tertiary/aromatic N) is 2. The number of thiocarbonyl (C=S) groups is 1. The molecule has 6 nitrogen and oxygen atoms in total. The lowest BCUT2D eigenvalue weighted by atomic mass is 10.1. The van der Waals surface area contributed by atoms with E-state index >= 15 is 0 Å². The van der Waals surface area contributed by atoms with Crippen molar-refractivity contribution >= 4 is 51.7 Å². The average molecular weight is 349 g/mol. The molecule has 0 radical (unpaired) electrons. The lowest BCUT2D eigenvalue weighted by Gasteiger charge is -2.30. The number of rotatable bonds is 3. The van der Waals surface area contributed by atoms with Crippen LogP contribution < -0.4 is 10.2 Å². The zero-order valence-electron chi connectivity index (χ0n) is 12.3. The zero-order valence-corrected chi connectivity index (χ0v) is 13.9. The van der Waals surface area contributed by atoms with Gasteiger partial charge in [-0.15, -0.1) is 0 Å². The molecule has 2 aliphatic heterocycles. The highest BCUT2D eigenvalue weighted by Gasteiger charge is 2.24. The van der Waals surface area contributed by atoms with Crippen LogP contribution >= 0.6 is 24.0 Å². The van der Waals surface area contributed by atoms with Gasteiger partial charge >= 0.3 is 0 Å². The Kier molecular flexibility index (Phi) is 4.63. The smallest absolute Gasteiger partial charge is 0.270 e. The zero-order chi connectivity index (χ0) is 16.4. The second-order valence-corrected chi connectivity index (χ2v) is 7.12. The fourth-order valence-electron chi connectivity index (χ4n) is 2.76. The van der Waals surface area contributed by atoms with Crippen LogP contribution in [0, 0.1) is 10.1 Å². The van der Waals surface area contributed by atoms with E-state index in [0.29, 0.717) is 14.8 Å². The third-order valence-electron chi connectivity index (χ3n) is 3.85. The van der Waals surface area contributed by atoms with Crippen molar-refractivity contribution in [3.05, 3.63) is 38.8 Å². The van der Waals surface area contributed by atoms with E-state index in [9.17, 15) is 14.9 Å². The van der Waals surface area contributed by atoms with Crippen molar-refractivity contribution < 1.29 is 9.72 Å². The molecule has 8 heteroatoms. The van der Waals surface area contributed by atoms with Crippen LogP contribution in [0.4, 0.5) is 11.4 Å². The van der Waals surface area contributed by atoms with Crippen molar-refractivity contribution in [1.29, 1.82) is 0 Å². The number of carbonyl (C=O) groups excluding carboxylic acids is 1. The molecular formula is C15H15N3O3S2. The van der Waals surface area contributed by atoms with E-state index in [1.807, 2.05) is 0 Å². The first kappa shape index (κ1) is 15.9. The molecule has 0 spiro atoms. The quantitative estimate of drug-likeness (QED) is 0.391. The number of nitro benzene ring substituents is 1. The van der Waals surface area contributed by atoms with E-state index in [2.05, 4.69) is 10.2 Å². The number of nitrogens with one attached hydrogen (secondary N) is 1. The standard InChI is InChI=1S/C15H15N3O3S2/c19-14-13(23-15(22)16-14)9-10-8-11(18(20)21)4-5-12(10)17-6-2-1-3-7-17/h4-5,8-9H,1-3,6-7H2,(H,16,19,22)/b13-9-. The lowest BCUT2D eigenvalue weighted by Crippen LogP contribution is -2.30. The number of hydrogen-bond acceptors (Lipinski definition) is 6. The summed E-state index contributed by atoms with van der Waals surface area (Å²) in [6, 6.07) is 4.80. The number of nitro groups is 1. The predicted molar refractivity (Wildman–Crippen MR) is 95.5 cm³/mol. The summed E-state index contributed by atoms with van der Waals surface area (Å²) in [4.78, 5) is 25.2. The molecule has 2 saturated heterocycles. The van der Waals surface area contributed by atoms with Gasteiger partial charge in [-0.3, -0.25) is 14.9 Å². The van der Waals surface area contributed by atoms with Crippen molar-refractivity contribution in [1.82, 2.24) is 5.32 Å². The van der Waals surface area contributed by atoms with Crippen molar-refractivity contribution in [2.45, 2.75) is 19.3 Å². The van der Waals surface area contributed by atoms with Gasteiger partial charge < -0.3 is 10.2 Å². The second kappa shape index (κ2) is 6.67. The van der Waals surface area contributed by atoms with Gasteiger partial charge in [0.2, 0.25) is 0 Å². The Labute approximate surface area is 143 Å². The van der Waals surface area contributed by atoms with Crippen LogP contribution in [-0.4, -0.2) is 28.2 Å². The van der Waals surface area contributed by atoms with E-state index in [0.717, 1.165) is 31.6 Å². The molecule has 23 heavy (non-hydrogen) atoms. The topological polar surface area (TPSA) is 75.5 Å². The monoisotopic (exact) mass is 349 g/mol. The van der Waals surface area contributed by atoms with Crippen LogP contribution in [0.2, 0.25) is 0 Å². The van der Waals surface area contributed by atoms with Gasteiger partial charge in [0.05, 0.1) is 9.83 Å². The number of amides is 1. The first-order valence-corrected chi connectivity index (χ1v) is 8.55. The van der Waals surface area contributed by atoms with Crippen molar-refractivity contribution in [3.8, 4) is 0 Å². The van der Waals surface area contributed by atoms with Crippen molar-refractivity contribution in [2.24, 2.45) is 0 Å². The van der Waals surface area contributed by atoms with Gasteiger partial charge in [0, 0.05) is 36.5 Å². The van der Waals surface area contributed by atoms with Crippen LogP contribution in [0.15, 0.2) is 23.1 Å². The number of anilines is 1. The molecule has 120 valence electrons. The van der Waals surface area contributed by atoms with Crippen molar-refractivity contribution in [3.63, 3.8) is 0 Å². The highest BCUT2D eigenvalue weighted by atomic mass is 32.2. The van der Waals surface area contributed by atoms with Crippen LogP contribution in [0.5, 0.6) is 0 Å². The maximum atomic E-state index is 11.9. The van der Waals surface area contributed by atoms with E-state index in [1.165, 1.54) is 30.3 Å². The molecule has 2 aliphatic rings.